The summed E-state index contributed by atoms with van der Waals surface area (Å²) in [5.41, 5.74) is 1.11. The van der Waals surface area contributed by atoms with Gasteiger partial charge < -0.3 is 5.32 Å². The minimum atomic E-state index is -0.219. The van der Waals surface area contributed by atoms with Crippen molar-refractivity contribution in [3.05, 3.63) is 40.6 Å². The van der Waals surface area contributed by atoms with Crippen molar-refractivity contribution in [3.8, 4) is 0 Å². The highest BCUT2D eigenvalue weighted by Crippen LogP contribution is 2.19. The Morgan fingerprint density at radius 1 is 1.20 bits per heavy atom. The van der Waals surface area contributed by atoms with Crippen LogP contribution in [0.4, 0.5) is 11.9 Å². The van der Waals surface area contributed by atoms with Crippen LogP contribution in [0.25, 0.3) is 0 Å². The first-order valence-corrected chi connectivity index (χ1v) is 6.82. The summed E-state index contributed by atoms with van der Waals surface area (Å²) in [5.74, 6) is 0.431. The van der Waals surface area contributed by atoms with Crippen molar-refractivity contribution in [2.75, 3.05) is 10.6 Å². The number of anilines is 2. The van der Waals surface area contributed by atoms with Gasteiger partial charge >= 0.3 is 0 Å². The normalized spacial score (nSPS) is 11.8. The number of halogens is 1. The summed E-state index contributed by atoms with van der Waals surface area (Å²) >= 11 is 3.40. The maximum absolute atomic E-state index is 11.0. The Labute approximate surface area is 125 Å². The van der Waals surface area contributed by atoms with E-state index in [4.69, 9.17) is 0 Å². The van der Waals surface area contributed by atoms with E-state index in [1.54, 1.807) is 0 Å². The van der Waals surface area contributed by atoms with Crippen LogP contribution in [0, 0.1) is 0 Å². The molecule has 0 fully saturated rings. The van der Waals surface area contributed by atoms with Crippen molar-refractivity contribution >= 4 is 33.7 Å². The van der Waals surface area contributed by atoms with Crippen LogP contribution < -0.4 is 10.6 Å². The molecule has 1 atom stereocenters. The molecule has 2 N–H and O–H groups in total. The standard InChI is InChI=1S/C13H14BrN5O/c1-8(10-3-5-11(14)6-4-10)17-12-15-7-16-13(19-12)18-9(2)20/h3-8H,1-2H3,(H2,15,16,17,18,19,20). The highest BCUT2D eigenvalue weighted by Gasteiger charge is 2.08. The predicted molar refractivity (Wildman–Crippen MR) is 80.3 cm³/mol. The van der Waals surface area contributed by atoms with E-state index < -0.39 is 0 Å². The average Bonchev–Trinajstić information content (AvgIpc) is 2.39. The number of nitrogens with one attached hydrogen (secondary N) is 2. The van der Waals surface area contributed by atoms with Gasteiger partial charge in [0.15, 0.2) is 0 Å². The molecule has 1 heterocycles. The van der Waals surface area contributed by atoms with Gasteiger partial charge in [0.2, 0.25) is 17.8 Å². The van der Waals surface area contributed by atoms with Crippen LogP contribution in [0.3, 0.4) is 0 Å². The zero-order valence-electron chi connectivity index (χ0n) is 11.1. The van der Waals surface area contributed by atoms with Gasteiger partial charge in [-0.05, 0) is 24.6 Å². The van der Waals surface area contributed by atoms with Crippen molar-refractivity contribution in [1.82, 2.24) is 15.0 Å². The fraction of sp³-hybridized carbons (Fsp3) is 0.231. The Morgan fingerprint density at radius 3 is 2.50 bits per heavy atom. The van der Waals surface area contributed by atoms with Crippen molar-refractivity contribution in [2.45, 2.75) is 19.9 Å². The summed E-state index contributed by atoms with van der Waals surface area (Å²) in [6, 6.07) is 8.01. The van der Waals surface area contributed by atoms with E-state index in [0.717, 1.165) is 10.0 Å². The van der Waals surface area contributed by atoms with Gasteiger partial charge in [-0.25, -0.2) is 9.97 Å². The van der Waals surface area contributed by atoms with Gasteiger partial charge in [0.1, 0.15) is 6.33 Å². The van der Waals surface area contributed by atoms with E-state index >= 15 is 0 Å². The summed E-state index contributed by atoms with van der Waals surface area (Å²) in [4.78, 5) is 23.0. The highest BCUT2D eigenvalue weighted by atomic mass is 79.9. The minimum Gasteiger partial charge on any atom is -0.348 e. The molecule has 1 aromatic carbocycles. The van der Waals surface area contributed by atoms with Gasteiger partial charge in [-0.2, -0.15) is 4.98 Å². The number of carbonyl (C=O) groups is 1. The van der Waals surface area contributed by atoms with E-state index in [1.807, 2.05) is 31.2 Å². The van der Waals surface area contributed by atoms with Crippen LogP contribution in [0.5, 0.6) is 0 Å². The molecule has 0 saturated carbocycles. The molecule has 0 aliphatic carbocycles. The van der Waals surface area contributed by atoms with Gasteiger partial charge in [0, 0.05) is 11.4 Å². The van der Waals surface area contributed by atoms with Gasteiger partial charge in [0.25, 0.3) is 0 Å². The number of hydrogen-bond donors (Lipinski definition) is 2. The van der Waals surface area contributed by atoms with Gasteiger partial charge in [-0.1, -0.05) is 28.1 Å². The first-order chi connectivity index (χ1) is 9.54. The molecule has 0 aliphatic heterocycles. The third-order valence-corrected chi connectivity index (χ3v) is 3.10. The molecule has 2 rings (SSSR count). The molecule has 0 radical (unpaired) electrons. The molecule has 0 saturated heterocycles. The summed E-state index contributed by atoms with van der Waals surface area (Å²) < 4.78 is 1.03. The number of nitrogens with zero attached hydrogens (tertiary/aromatic N) is 3. The zero-order valence-corrected chi connectivity index (χ0v) is 12.7. The first kappa shape index (κ1) is 14.4. The van der Waals surface area contributed by atoms with E-state index in [9.17, 15) is 4.79 Å². The van der Waals surface area contributed by atoms with Crippen molar-refractivity contribution in [1.29, 1.82) is 0 Å². The molecule has 0 aliphatic rings. The van der Waals surface area contributed by atoms with Crippen LogP contribution in [0.1, 0.15) is 25.5 Å². The second-order valence-electron chi connectivity index (χ2n) is 4.23. The fourth-order valence-corrected chi connectivity index (χ4v) is 1.88. The smallest absolute Gasteiger partial charge is 0.234 e. The molecule has 20 heavy (non-hydrogen) atoms. The predicted octanol–water partition coefficient (Wildman–Crippen LogP) is 2.77. The summed E-state index contributed by atoms with van der Waals surface area (Å²) in [6.45, 7) is 3.41. The average molecular weight is 336 g/mol. The number of amides is 1. The van der Waals surface area contributed by atoms with E-state index in [1.165, 1.54) is 13.3 Å². The van der Waals surface area contributed by atoms with Crippen LogP contribution in [0.2, 0.25) is 0 Å². The molecule has 6 nitrogen and oxygen atoms in total. The van der Waals surface area contributed by atoms with Crippen molar-refractivity contribution < 1.29 is 4.79 Å². The number of aromatic nitrogens is 3. The van der Waals surface area contributed by atoms with Gasteiger partial charge in [-0.3, -0.25) is 10.1 Å². The van der Waals surface area contributed by atoms with Crippen LogP contribution >= 0.6 is 15.9 Å². The monoisotopic (exact) mass is 335 g/mol. The number of rotatable bonds is 4. The lowest BCUT2D eigenvalue weighted by molar-refractivity contribution is -0.114. The fourth-order valence-electron chi connectivity index (χ4n) is 1.61. The molecule has 7 heteroatoms. The second kappa shape index (κ2) is 6.42. The first-order valence-electron chi connectivity index (χ1n) is 6.03. The topological polar surface area (TPSA) is 79.8 Å². The molecule has 1 unspecified atom stereocenters. The quantitative estimate of drug-likeness (QED) is 0.897. The molecule has 2 aromatic rings. The summed E-state index contributed by atoms with van der Waals surface area (Å²) in [5, 5.41) is 5.68. The van der Waals surface area contributed by atoms with E-state index in [0.29, 0.717) is 5.95 Å². The SMILES string of the molecule is CC(=O)Nc1ncnc(NC(C)c2ccc(Br)cc2)n1. The second-order valence-corrected chi connectivity index (χ2v) is 5.15. The number of hydrogen-bond acceptors (Lipinski definition) is 5. The molecular formula is C13H14BrN5O. The molecule has 1 amide bonds. The van der Waals surface area contributed by atoms with E-state index in [-0.39, 0.29) is 17.9 Å². The van der Waals surface area contributed by atoms with Crippen LogP contribution in [-0.4, -0.2) is 20.9 Å². The molecule has 0 bridgehead atoms. The Balaban J connectivity index is 2.09. The van der Waals surface area contributed by atoms with Gasteiger partial charge in [-0.15, -0.1) is 0 Å². The Kier molecular flexibility index (Phi) is 4.62. The van der Waals surface area contributed by atoms with Gasteiger partial charge in [0.05, 0.1) is 6.04 Å². The highest BCUT2D eigenvalue weighted by molar-refractivity contribution is 9.10. The number of benzene rings is 1. The third-order valence-electron chi connectivity index (χ3n) is 2.58. The Hall–Kier alpha value is -2.02. The summed E-state index contributed by atoms with van der Waals surface area (Å²) in [6.07, 6.45) is 1.36. The van der Waals surface area contributed by atoms with E-state index in [2.05, 4.69) is 41.5 Å². The zero-order chi connectivity index (χ0) is 14.5. The lowest BCUT2D eigenvalue weighted by Crippen LogP contribution is -2.13. The largest absolute Gasteiger partial charge is 0.348 e. The summed E-state index contributed by atoms with van der Waals surface area (Å²) in [7, 11) is 0. The molecule has 104 valence electrons. The number of carbonyl (C=O) groups excluding carboxylic acids is 1. The maximum Gasteiger partial charge on any atom is 0.234 e. The minimum absolute atomic E-state index is 0.0377. The van der Waals surface area contributed by atoms with Crippen LogP contribution in [-0.2, 0) is 4.79 Å². The Bertz CT molecular complexity index is 602. The Morgan fingerprint density at radius 2 is 1.85 bits per heavy atom. The molecular weight excluding hydrogens is 322 g/mol. The van der Waals surface area contributed by atoms with Crippen molar-refractivity contribution in [3.63, 3.8) is 0 Å². The lowest BCUT2D eigenvalue weighted by atomic mass is 10.1. The third kappa shape index (κ3) is 3.99. The maximum atomic E-state index is 11.0. The van der Waals surface area contributed by atoms with Crippen molar-refractivity contribution in [2.24, 2.45) is 0 Å². The van der Waals surface area contributed by atoms with Crippen LogP contribution in [0.15, 0.2) is 35.1 Å². The molecule has 0 spiro atoms. The lowest BCUT2D eigenvalue weighted by Gasteiger charge is -2.14. The molecule has 1 aromatic heterocycles.